The molecule has 0 unspecified atom stereocenters. The summed E-state index contributed by atoms with van der Waals surface area (Å²) >= 11 is 0. The average Bonchev–Trinajstić information content (AvgIpc) is 3.29. The highest BCUT2D eigenvalue weighted by Gasteiger charge is 2.37. The molecule has 1 aliphatic heterocycles. The highest BCUT2D eigenvalue weighted by molar-refractivity contribution is 5.81. The van der Waals surface area contributed by atoms with Crippen LogP contribution in [0.3, 0.4) is 0 Å². The topological polar surface area (TPSA) is 121 Å². The Morgan fingerprint density at radius 1 is 1.14 bits per heavy atom. The van der Waals surface area contributed by atoms with Gasteiger partial charge in [-0.25, -0.2) is 23.7 Å². The van der Waals surface area contributed by atoms with Gasteiger partial charge >= 0.3 is 0 Å². The van der Waals surface area contributed by atoms with Crippen molar-refractivity contribution in [2.45, 2.75) is 38.0 Å². The van der Waals surface area contributed by atoms with Gasteiger partial charge in [0.1, 0.15) is 11.8 Å². The molecule has 0 amide bonds. The number of hydrogen-bond donors (Lipinski definition) is 2. The number of nitrogens with zero attached hydrogens (tertiary/aromatic N) is 6. The minimum Gasteiger partial charge on any atom is -0.382 e. The van der Waals surface area contributed by atoms with E-state index in [1.807, 2.05) is 17.6 Å². The quantitative estimate of drug-likeness (QED) is 0.419. The Hall–Kier alpha value is -3.70. The van der Waals surface area contributed by atoms with Gasteiger partial charge in [0.25, 0.3) is 0 Å². The molecule has 36 heavy (non-hydrogen) atoms. The van der Waals surface area contributed by atoms with Crippen molar-refractivity contribution in [2.24, 2.45) is 5.73 Å². The first-order valence-corrected chi connectivity index (χ1v) is 11.7. The molecule has 0 aliphatic carbocycles. The van der Waals surface area contributed by atoms with Crippen molar-refractivity contribution < 1.29 is 13.5 Å². The molecule has 2 atom stereocenters. The summed E-state index contributed by atoms with van der Waals surface area (Å²) in [6.45, 7) is 3.77. The van der Waals surface area contributed by atoms with Crippen LogP contribution >= 0.6 is 0 Å². The summed E-state index contributed by atoms with van der Waals surface area (Å²) < 4.78 is 35.0. The van der Waals surface area contributed by atoms with Gasteiger partial charge in [-0.1, -0.05) is 0 Å². The minimum absolute atomic E-state index is 0.129. The van der Waals surface area contributed by atoms with Gasteiger partial charge in [0, 0.05) is 25.8 Å². The fraction of sp³-hybridized carbons (Fsp3) is 0.360. The van der Waals surface area contributed by atoms with E-state index in [0.29, 0.717) is 41.3 Å². The Morgan fingerprint density at radius 3 is 2.75 bits per heavy atom. The molecule has 4 aromatic rings. The van der Waals surface area contributed by atoms with Gasteiger partial charge in [0.05, 0.1) is 42.1 Å². The van der Waals surface area contributed by atoms with E-state index in [4.69, 9.17) is 16.2 Å². The van der Waals surface area contributed by atoms with Gasteiger partial charge in [-0.15, -0.1) is 0 Å². The lowest BCUT2D eigenvalue weighted by Crippen LogP contribution is -2.61. The van der Waals surface area contributed by atoms with Crippen molar-refractivity contribution in [3.8, 4) is 11.3 Å². The van der Waals surface area contributed by atoms with Gasteiger partial charge in [0.2, 0.25) is 0 Å². The van der Waals surface area contributed by atoms with Gasteiger partial charge in [0.15, 0.2) is 23.1 Å². The average molecular weight is 495 g/mol. The highest BCUT2D eigenvalue weighted by Crippen LogP contribution is 2.33. The van der Waals surface area contributed by atoms with Crippen molar-refractivity contribution in [1.29, 1.82) is 0 Å². The molecule has 1 aromatic carbocycles. The summed E-state index contributed by atoms with van der Waals surface area (Å²) in [7, 11) is 1.67. The number of anilines is 2. The number of piperidine rings is 1. The Kier molecular flexibility index (Phi) is 6.27. The highest BCUT2D eigenvalue weighted by atomic mass is 19.2. The maximum atomic E-state index is 14.0. The van der Waals surface area contributed by atoms with Crippen LogP contribution in [0.25, 0.3) is 22.4 Å². The van der Waals surface area contributed by atoms with Crippen molar-refractivity contribution >= 4 is 22.7 Å². The van der Waals surface area contributed by atoms with Gasteiger partial charge in [-0.3, -0.25) is 4.98 Å². The van der Waals surface area contributed by atoms with E-state index in [2.05, 4.69) is 24.8 Å². The SMILES string of the molecule is CO[C@@H](C)[C@@]1(N)CCCN(c2cnc(-c3ccc(F)c(F)c3)cc2Cn2cnc3c(N)ncnc32)C1. The molecule has 9 nitrogen and oxygen atoms in total. The van der Waals surface area contributed by atoms with Crippen molar-refractivity contribution in [2.75, 3.05) is 30.8 Å². The van der Waals surface area contributed by atoms with Crippen LogP contribution in [0, 0.1) is 11.6 Å². The molecule has 4 heterocycles. The van der Waals surface area contributed by atoms with Crippen LogP contribution in [0.5, 0.6) is 0 Å². The van der Waals surface area contributed by atoms with E-state index < -0.39 is 17.2 Å². The van der Waals surface area contributed by atoms with Crippen molar-refractivity contribution in [3.63, 3.8) is 0 Å². The lowest BCUT2D eigenvalue weighted by atomic mass is 9.85. The van der Waals surface area contributed by atoms with Crippen molar-refractivity contribution in [3.05, 3.63) is 60.3 Å². The van der Waals surface area contributed by atoms with E-state index in [-0.39, 0.29) is 6.10 Å². The first kappa shape index (κ1) is 24.0. The number of pyridine rings is 1. The Labute approximate surface area is 207 Å². The zero-order valence-corrected chi connectivity index (χ0v) is 20.2. The van der Waals surface area contributed by atoms with E-state index >= 15 is 0 Å². The predicted octanol–water partition coefficient (Wildman–Crippen LogP) is 3.13. The molecule has 11 heteroatoms. The minimum atomic E-state index is -0.926. The summed E-state index contributed by atoms with van der Waals surface area (Å²) in [4.78, 5) is 19.5. The fourth-order valence-corrected chi connectivity index (χ4v) is 4.80. The number of nitrogen functional groups attached to an aromatic ring is 1. The maximum absolute atomic E-state index is 14.0. The largest absolute Gasteiger partial charge is 0.382 e. The number of halogens is 2. The molecular weight excluding hydrogens is 466 g/mol. The molecule has 0 spiro atoms. The second kappa shape index (κ2) is 9.40. The van der Waals surface area contributed by atoms with Crippen LogP contribution in [0.2, 0.25) is 0 Å². The second-order valence-electron chi connectivity index (χ2n) is 9.27. The zero-order valence-electron chi connectivity index (χ0n) is 20.2. The molecule has 0 saturated carbocycles. The molecule has 4 N–H and O–H groups in total. The molecule has 1 aliphatic rings. The van der Waals surface area contributed by atoms with Crippen LogP contribution < -0.4 is 16.4 Å². The third-order valence-corrected chi connectivity index (χ3v) is 7.01. The fourth-order valence-electron chi connectivity index (χ4n) is 4.80. The number of aromatic nitrogens is 5. The Morgan fingerprint density at radius 2 is 1.97 bits per heavy atom. The molecule has 1 saturated heterocycles. The van der Waals surface area contributed by atoms with Crippen LogP contribution in [-0.4, -0.2) is 56.3 Å². The molecular formula is C25H28F2N8O. The van der Waals surface area contributed by atoms with Crippen molar-refractivity contribution in [1.82, 2.24) is 24.5 Å². The lowest BCUT2D eigenvalue weighted by molar-refractivity contribution is 0.0415. The number of hydrogen-bond acceptors (Lipinski definition) is 8. The first-order chi connectivity index (χ1) is 17.3. The summed E-state index contributed by atoms with van der Waals surface area (Å²) in [5, 5.41) is 0. The Bertz CT molecular complexity index is 1410. The molecule has 1 fully saturated rings. The maximum Gasteiger partial charge on any atom is 0.165 e. The van der Waals surface area contributed by atoms with E-state index in [1.54, 1.807) is 19.6 Å². The molecule has 0 bridgehead atoms. The van der Waals surface area contributed by atoms with Crippen LogP contribution in [0.4, 0.5) is 20.3 Å². The molecule has 188 valence electrons. The summed E-state index contributed by atoms with van der Waals surface area (Å²) in [6.07, 6.45) is 6.43. The molecule has 5 rings (SSSR count). The number of nitrogens with two attached hydrogens (primary N) is 2. The second-order valence-corrected chi connectivity index (χ2v) is 9.27. The summed E-state index contributed by atoms with van der Waals surface area (Å²) in [5.74, 6) is -1.53. The third kappa shape index (κ3) is 4.35. The Balaban J connectivity index is 1.58. The van der Waals surface area contributed by atoms with Crippen LogP contribution in [0.15, 0.2) is 43.1 Å². The van der Waals surface area contributed by atoms with E-state index in [9.17, 15) is 8.78 Å². The van der Waals surface area contributed by atoms with E-state index in [0.717, 1.165) is 42.8 Å². The number of rotatable bonds is 6. The molecule has 0 radical (unpaired) electrons. The van der Waals surface area contributed by atoms with Gasteiger partial charge in [-0.2, -0.15) is 0 Å². The van der Waals surface area contributed by atoms with Crippen LogP contribution in [0.1, 0.15) is 25.3 Å². The predicted molar refractivity (Wildman–Crippen MR) is 133 cm³/mol. The monoisotopic (exact) mass is 494 g/mol. The number of fused-ring (bicyclic) bond motifs is 1. The lowest BCUT2D eigenvalue weighted by Gasteiger charge is -2.44. The third-order valence-electron chi connectivity index (χ3n) is 7.01. The van der Waals surface area contributed by atoms with Crippen LogP contribution in [-0.2, 0) is 11.3 Å². The zero-order chi connectivity index (χ0) is 25.4. The standard InChI is InChI=1S/C25H28F2N8O/c1-15(36-2)25(29)6-3-7-34(12-25)21-10-30-20(16-4-5-18(26)19(27)8-16)9-17(21)11-35-14-33-22-23(28)31-13-32-24(22)35/h4-5,8-10,13-15H,3,6-7,11-12,29H2,1-2H3,(H2,28,31,32)/t15-,25+/m0/s1. The molecule has 3 aromatic heterocycles. The van der Waals surface area contributed by atoms with Gasteiger partial charge in [-0.05, 0) is 49.6 Å². The summed E-state index contributed by atoms with van der Waals surface area (Å²) in [5.41, 5.74) is 16.1. The normalized spacial score (nSPS) is 19.1. The number of ether oxygens (including phenoxy) is 1. The smallest absolute Gasteiger partial charge is 0.165 e. The number of benzene rings is 1. The van der Waals surface area contributed by atoms with Gasteiger partial charge < -0.3 is 25.7 Å². The summed E-state index contributed by atoms with van der Waals surface area (Å²) in [6, 6.07) is 5.64. The number of imidazole rings is 1. The number of methoxy groups -OCH3 is 1. The van der Waals surface area contributed by atoms with E-state index in [1.165, 1.54) is 12.4 Å². The first-order valence-electron chi connectivity index (χ1n) is 11.7.